The lowest BCUT2D eigenvalue weighted by molar-refractivity contribution is -0.115. The average molecular weight is 495 g/mol. The lowest BCUT2D eigenvalue weighted by atomic mass is 10.1. The zero-order valence-electron chi connectivity index (χ0n) is 17.2. The minimum atomic E-state index is -4.15. The van der Waals surface area contributed by atoms with Crippen molar-refractivity contribution in [1.29, 1.82) is 0 Å². The number of anilines is 1. The van der Waals surface area contributed by atoms with Gasteiger partial charge in [-0.05, 0) is 61.0 Å². The molecule has 3 rings (SSSR count). The molecule has 0 aliphatic carbocycles. The normalized spacial score (nSPS) is 11.2. The Morgan fingerprint density at radius 3 is 2.47 bits per heavy atom. The van der Waals surface area contributed by atoms with Crippen LogP contribution in [-0.2, 0) is 21.2 Å². The van der Waals surface area contributed by atoms with Crippen molar-refractivity contribution in [3.8, 4) is 17.2 Å². The van der Waals surface area contributed by atoms with E-state index in [1.807, 2.05) is 6.92 Å². The Balaban J connectivity index is 1.85. The van der Waals surface area contributed by atoms with Crippen molar-refractivity contribution < 1.29 is 22.7 Å². The number of nitrogens with one attached hydrogen (secondary N) is 1. The van der Waals surface area contributed by atoms with Crippen LogP contribution >= 0.6 is 23.2 Å². The highest BCUT2D eigenvalue weighted by Crippen LogP contribution is 2.32. The Labute approximate surface area is 196 Å². The number of aryl methyl sites for hydroxylation is 1. The van der Waals surface area contributed by atoms with Gasteiger partial charge in [-0.15, -0.1) is 0 Å². The smallest absolute Gasteiger partial charge is 0.241 e. The number of amides is 1. The molecule has 0 unspecified atom stereocenters. The van der Waals surface area contributed by atoms with Gasteiger partial charge in [-0.2, -0.15) is 0 Å². The SMILES string of the molecule is COc1cc(C)cc(Cl)c1CC(=O)Nc1ccc(Oc2cccc(Cl)c2)c(S(N)(=O)=O)c1. The first-order valence-corrected chi connectivity index (χ1v) is 11.6. The molecule has 0 aliphatic rings. The maximum Gasteiger partial charge on any atom is 0.241 e. The number of halogens is 2. The first-order valence-electron chi connectivity index (χ1n) is 9.30. The number of methoxy groups -OCH3 is 1. The van der Waals surface area contributed by atoms with Crippen molar-refractivity contribution >= 4 is 44.8 Å². The second-order valence-corrected chi connectivity index (χ2v) is 9.29. The predicted molar refractivity (Wildman–Crippen MR) is 124 cm³/mol. The molecule has 3 aromatic carbocycles. The van der Waals surface area contributed by atoms with Gasteiger partial charge in [0.2, 0.25) is 15.9 Å². The maximum atomic E-state index is 12.6. The molecule has 1 amide bonds. The van der Waals surface area contributed by atoms with Gasteiger partial charge in [0.1, 0.15) is 22.1 Å². The van der Waals surface area contributed by atoms with Gasteiger partial charge in [0, 0.05) is 21.3 Å². The van der Waals surface area contributed by atoms with E-state index in [-0.39, 0.29) is 22.8 Å². The van der Waals surface area contributed by atoms with Crippen LogP contribution in [0, 0.1) is 6.92 Å². The molecule has 0 saturated carbocycles. The number of nitrogens with two attached hydrogens (primary N) is 1. The summed E-state index contributed by atoms with van der Waals surface area (Å²) in [5, 5.41) is 8.82. The number of rotatable bonds is 7. The van der Waals surface area contributed by atoms with E-state index in [0.717, 1.165) is 5.56 Å². The summed E-state index contributed by atoms with van der Waals surface area (Å²) in [6.07, 6.45) is -0.0756. The largest absolute Gasteiger partial charge is 0.496 e. The summed E-state index contributed by atoms with van der Waals surface area (Å²) in [5.74, 6) is 0.398. The fourth-order valence-corrected chi connectivity index (χ4v) is 4.20. The Morgan fingerprint density at radius 1 is 1.06 bits per heavy atom. The Morgan fingerprint density at radius 2 is 1.81 bits per heavy atom. The van der Waals surface area contributed by atoms with Crippen LogP contribution in [0.3, 0.4) is 0 Å². The Hall–Kier alpha value is -2.78. The van der Waals surface area contributed by atoms with Crippen LogP contribution < -0.4 is 19.9 Å². The van der Waals surface area contributed by atoms with Gasteiger partial charge in [0.15, 0.2) is 0 Å². The van der Waals surface area contributed by atoms with E-state index in [1.165, 1.54) is 31.4 Å². The molecule has 0 aliphatic heterocycles. The minimum Gasteiger partial charge on any atom is -0.496 e. The van der Waals surface area contributed by atoms with E-state index in [9.17, 15) is 13.2 Å². The highest BCUT2D eigenvalue weighted by Gasteiger charge is 2.19. The highest BCUT2D eigenvalue weighted by atomic mass is 35.5. The average Bonchev–Trinajstić information content (AvgIpc) is 2.70. The number of primary sulfonamides is 1. The van der Waals surface area contributed by atoms with Crippen LogP contribution in [0.25, 0.3) is 0 Å². The van der Waals surface area contributed by atoms with Gasteiger partial charge in [-0.1, -0.05) is 29.3 Å². The Bertz CT molecular complexity index is 1280. The number of sulfonamides is 1. The summed E-state index contributed by atoms with van der Waals surface area (Å²) in [6, 6.07) is 14.1. The van der Waals surface area contributed by atoms with Gasteiger partial charge in [0.05, 0.1) is 13.5 Å². The fourth-order valence-electron chi connectivity index (χ4n) is 3.01. The Kier molecular flexibility index (Phi) is 7.30. The second kappa shape index (κ2) is 9.79. The molecule has 32 heavy (non-hydrogen) atoms. The first-order chi connectivity index (χ1) is 15.1. The number of carbonyl (C=O) groups excluding carboxylic acids is 1. The number of hydrogen-bond acceptors (Lipinski definition) is 5. The van der Waals surface area contributed by atoms with Crippen LogP contribution in [0.1, 0.15) is 11.1 Å². The lowest BCUT2D eigenvalue weighted by Gasteiger charge is -2.14. The van der Waals surface area contributed by atoms with E-state index in [0.29, 0.717) is 27.1 Å². The van der Waals surface area contributed by atoms with Gasteiger partial charge in [0.25, 0.3) is 0 Å². The van der Waals surface area contributed by atoms with Crippen LogP contribution in [0.5, 0.6) is 17.2 Å². The fraction of sp³-hybridized carbons (Fsp3) is 0.136. The summed E-state index contributed by atoms with van der Waals surface area (Å²) < 4.78 is 35.2. The monoisotopic (exact) mass is 494 g/mol. The van der Waals surface area contributed by atoms with Crippen molar-refractivity contribution in [1.82, 2.24) is 0 Å². The minimum absolute atomic E-state index is 0.00369. The standard InChI is InChI=1S/C22H20Cl2N2O5S/c1-13-8-18(24)17(20(9-13)30-2)12-22(27)26-15-6-7-19(21(11-15)32(25,28)29)31-16-5-3-4-14(23)10-16/h3-11H,12H2,1-2H3,(H,26,27)(H2,25,28,29). The number of carbonyl (C=O) groups is 1. The molecule has 0 bridgehead atoms. The first kappa shape index (κ1) is 23.9. The molecular weight excluding hydrogens is 475 g/mol. The van der Waals surface area contributed by atoms with Crippen LogP contribution in [0.15, 0.2) is 59.5 Å². The van der Waals surface area contributed by atoms with E-state index in [2.05, 4.69) is 5.32 Å². The molecule has 10 heteroatoms. The lowest BCUT2D eigenvalue weighted by Crippen LogP contribution is -2.17. The number of hydrogen-bond donors (Lipinski definition) is 2. The number of ether oxygens (including phenoxy) is 2. The van der Waals surface area contributed by atoms with Gasteiger partial charge in [-0.3, -0.25) is 4.79 Å². The third kappa shape index (κ3) is 5.92. The molecule has 3 aromatic rings. The summed E-state index contributed by atoms with van der Waals surface area (Å²) in [7, 11) is -2.66. The highest BCUT2D eigenvalue weighted by molar-refractivity contribution is 7.89. The van der Waals surface area contributed by atoms with Crippen molar-refractivity contribution in [3.05, 3.63) is 75.8 Å². The second-order valence-electron chi connectivity index (χ2n) is 6.92. The molecule has 0 atom stereocenters. The molecule has 0 saturated heterocycles. The topological polar surface area (TPSA) is 108 Å². The molecule has 0 aromatic heterocycles. The number of benzene rings is 3. The van der Waals surface area contributed by atoms with E-state index < -0.39 is 15.9 Å². The quantitative estimate of drug-likeness (QED) is 0.483. The summed E-state index contributed by atoms with van der Waals surface area (Å²) in [4.78, 5) is 12.3. The maximum absolute atomic E-state index is 12.6. The summed E-state index contributed by atoms with van der Waals surface area (Å²) >= 11 is 12.2. The molecule has 7 nitrogen and oxygen atoms in total. The molecule has 0 spiro atoms. The van der Waals surface area contributed by atoms with Crippen LogP contribution in [-0.4, -0.2) is 21.4 Å². The van der Waals surface area contributed by atoms with Crippen molar-refractivity contribution in [2.24, 2.45) is 5.14 Å². The third-order valence-corrected chi connectivity index (χ3v) is 5.92. The van der Waals surface area contributed by atoms with Gasteiger partial charge < -0.3 is 14.8 Å². The van der Waals surface area contributed by atoms with Crippen molar-refractivity contribution in [2.45, 2.75) is 18.2 Å². The zero-order chi connectivity index (χ0) is 23.5. The van der Waals surface area contributed by atoms with E-state index in [4.69, 9.17) is 37.8 Å². The van der Waals surface area contributed by atoms with Crippen molar-refractivity contribution in [2.75, 3.05) is 12.4 Å². The van der Waals surface area contributed by atoms with Gasteiger partial charge in [-0.25, -0.2) is 13.6 Å². The van der Waals surface area contributed by atoms with Crippen molar-refractivity contribution in [3.63, 3.8) is 0 Å². The molecule has 0 heterocycles. The molecule has 3 N–H and O–H groups in total. The zero-order valence-corrected chi connectivity index (χ0v) is 19.5. The molecular formula is C22H20Cl2N2O5S. The van der Waals surface area contributed by atoms with Crippen LogP contribution in [0.4, 0.5) is 5.69 Å². The molecule has 0 fully saturated rings. The summed E-state index contributed by atoms with van der Waals surface area (Å²) in [6.45, 7) is 1.86. The molecule has 168 valence electrons. The van der Waals surface area contributed by atoms with Gasteiger partial charge >= 0.3 is 0 Å². The summed E-state index contributed by atoms with van der Waals surface area (Å²) in [5.41, 5.74) is 1.63. The van der Waals surface area contributed by atoms with E-state index >= 15 is 0 Å². The predicted octanol–water partition coefficient (Wildman–Crippen LogP) is 4.93. The van der Waals surface area contributed by atoms with E-state index in [1.54, 1.807) is 30.3 Å². The third-order valence-electron chi connectivity index (χ3n) is 4.41. The molecule has 0 radical (unpaired) electrons. The van der Waals surface area contributed by atoms with Crippen LogP contribution in [0.2, 0.25) is 10.0 Å².